The van der Waals surface area contributed by atoms with Gasteiger partial charge in [-0.3, -0.25) is 19.1 Å². The second-order valence-electron chi connectivity index (χ2n) is 6.86. The Morgan fingerprint density at radius 2 is 2.13 bits per heavy atom. The Morgan fingerprint density at radius 1 is 1.47 bits per heavy atom. The van der Waals surface area contributed by atoms with Crippen LogP contribution in [0.5, 0.6) is 0 Å². The number of aliphatic hydroxyl groups is 2. The van der Waals surface area contributed by atoms with Crippen LogP contribution in [0.15, 0.2) is 21.9 Å². The van der Waals surface area contributed by atoms with Gasteiger partial charge >= 0.3 is 19.8 Å². The summed E-state index contributed by atoms with van der Waals surface area (Å²) in [5.41, 5.74) is -3.50. The molecule has 1 aromatic heterocycles. The fraction of sp³-hybridized carbons (Fsp3) is 0.588. The molecule has 6 atom stereocenters. The maximum Gasteiger partial charge on any atom is 0.613 e. The summed E-state index contributed by atoms with van der Waals surface area (Å²) in [5, 5.41) is 23.1. The van der Waals surface area contributed by atoms with E-state index in [1.165, 1.54) is 6.92 Å². The van der Waals surface area contributed by atoms with Crippen LogP contribution >= 0.6 is 8.18 Å². The summed E-state index contributed by atoms with van der Waals surface area (Å²) in [6, 6.07) is 0.0691. The van der Waals surface area contributed by atoms with E-state index in [9.17, 15) is 29.2 Å². The third-order valence-corrected chi connectivity index (χ3v) is 5.16. The van der Waals surface area contributed by atoms with Gasteiger partial charge in [0.2, 0.25) is 0 Å². The average molecular weight is 444 g/mol. The van der Waals surface area contributed by atoms with Gasteiger partial charge in [0.25, 0.3) is 5.56 Å². The summed E-state index contributed by atoms with van der Waals surface area (Å²) in [5.74, 6) is 1.51. The number of rotatable bonds is 8. The second-order valence-corrected chi connectivity index (χ2v) is 7.89. The number of hydrogen-bond acceptors (Lipinski definition) is 9. The van der Waals surface area contributed by atoms with E-state index in [1.54, 1.807) is 13.8 Å². The summed E-state index contributed by atoms with van der Waals surface area (Å²) >= 11 is 0. The highest BCUT2D eigenvalue weighted by Gasteiger charge is 2.56. The maximum absolute atomic E-state index is 12.1. The largest absolute Gasteiger partial charge is 0.613 e. The molecule has 0 aromatic carbocycles. The molecule has 2 heterocycles. The number of hydrogen-bond donors (Lipinski definition) is 4. The number of ether oxygens (including phenoxy) is 2. The first-order valence-corrected chi connectivity index (χ1v) is 10.1. The molecule has 12 nitrogen and oxygen atoms in total. The average Bonchev–Trinajstić information content (AvgIpc) is 2.91. The van der Waals surface area contributed by atoms with Crippen LogP contribution in [0.2, 0.25) is 0 Å². The quantitative estimate of drug-likeness (QED) is 0.216. The van der Waals surface area contributed by atoms with E-state index in [1.807, 2.05) is 4.98 Å². The van der Waals surface area contributed by atoms with E-state index in [4.69, 9.17) is 20.4 Å². The molecule has 0 radical (unpaired) electrons. The Morgan fingerprint density at radius 3 is 2.70 bits per heavy atom. The molecule has 0 spiro atoms. The van der Waals surface area contributed by atoms with E-state index >= 15 is 0 Å². The first kappa shape index (κ1) is 23.9. The number of H-pyrrole nitrogens is 1. The minimum Gasteiger partial charge on any atom is -0.462 e. The molecule has 1 aromatic rings. The number of terminal acetylenes is 1. The van der Waals surface area contributed by atoms with Gasteiger partial charge in [-0.1, -0.05) is 11.0 Å². The topological polar surface area (TPSA) is 169 Å². The minimum absolute atomic E-state index is 0.359. The fourth-order valence-corrected chi connectivity index (χ4v) is 3.46. The number of nitrogens with zero attached hydrogens (tertiary/aromatic N) is 1. The van der Waals surface area contributed by atoms with Gasteiger partial charge in [0, 0.05) is 12.3 Å². The third kappa shape index (κ3) is 5.20. The van der Waals surface area contributed by atoms with Crippen molar-refractivity contribution in [3.8, 4) is 12.3 Å². The lowest BCUT2D eigenvalue weighted by atomic mass is 9.97. The molecular formula is C17H23N3O9P+. The molecule has 0 aliphatic carbocycles. The molecule has 1 fully saturated rings. The number of aliphatic hydroxyl groups excluding tert-OH is 2. The smallest absolute Gasteiger partial charge is 0.462 e. The zero-order valence-corrected chi connectivity index (χ0v) is 17.4. The molecule has 13 heteroatoms. The van der Waals surface area contributed by atoms with Gasteiger partial charge < -0.3 is 19.7 Å². The zero-order valence-electron chi connectivity index (χ0n) is 16.5. The van der Waals surface area contributed by atoms with E-state index < -0.39 is 62.1 Å². The van der Waals surface area contributed by atoms with Gasteiger partial charge in [-0.25, -0.2) is 4.79 Å². The zero-order chi connectivity index (χ0) is 22.6. The third-order valence-electron chi connectivity index (χ3n) is 4.19. The van der Waals surface area contributed by atoms with E-state index in [2.05, 4.69) is 11.0 Å². The van der Waals surface area contributed by atoms with Crippen LogP contribution in [0.25, 0.3) is 0 Å². The van der Waals surface area contributed by atoms with Gasteiger partial charge in [-0.2, -0.15) is 0 Å². The van der Waals surface area contributed by atoms with Gasteiger partial charge in [0.05, 0.1) is 6.10 Å². The summed E-state index contributed by atoms with van der Waals surface area (Å²) in [6.07, 6.45) is 1.36. The number of nitrogens with one attached hydrogen (secondary N) is 2. The van der Waals surface area contributed by atoms with Crippen LogP contribution in [0.3, 0.4) is 0 Å². The molecule has 0 saturated carbocycles. The molecular weight excluding hydrogens is 421 g/mol. The van der Waals surface area contributed by atoms with Crippen LogP contribution in [0, 0.1) is 12.3 Å². The van der Waals surface area contributed by atoms with Crippen molar-refractivity contribution in [1.82, 2.24) is 14.6 Å². The van der Waals surface area contributed by atoms with Gasteiger partial charge in [0.1, 0.15) is 24.9 Å². The standard InChI is InChI=1S/C17H22N3O9P/c1-5-17(8-27-30(26)19-10(4)15(24)28-9(2)3)13(23)12(22)14(29-17)20-7-6-11(21)18-16(20)25/h1,6-7,9-10,12-14,22-23H,8H2,2-4H3,(H-,18,19,21,25,26)/p+1/t10-,12+,13-,14+,17+/m0/s1. The minimum atomic E-state index is -2.63. The number of aromatic amines is 1. The molecule has 0 bridgehead atoms. The lowest BCUT2D eigenvalue weighted by Crippen LogP contribution is -2.45. The van der Waals surface area contributed by atoms with Gasteiger partial charge in [-0.05, 0) is 25.3 Å². The van der Waals surface area contributed by atoms with Crippen molar-refractivity contribution in [2.75, 3.05) is 6.61 Å². The van der Waals surface area contributed by atoms with E-state index in [-0.39, 0.29) is 6.10 Å². The van der Waals surface area contributed by atoms with Crippen molar-refractivity contribution in [1.29, 1.82) is 0 Å². The SMILES string of the molecule is C#C[C@]1(CO[P+](=O)N[C@@H](C)C(=O)OC(C)C)O[C@@H](n2ccc(=O)[nH]c2=O)[C@H](O)[C@@H]1O. The Kier molecular flexibility index (Phi) is 7.65. The van der Waals surface area contributed by atoms with Crippen molar-refractivity contribution >= 4 is 14.1 Å². The first-order valence-electron chi connectivity index (χ1n) is 8.90. The van der Waals surface area contributed by atoms with E-state index in [0.717, 1.165) is 16.8 Å². The highest BCUT2D eigenvalue weighted by Crippen LogP contribution is 2.38. The van der Waals surface area contributed by atoms with Crippen molar-refractivity contribution < 1.29 is 33.6 Å². The molecule has 1 aliphatic heterocycles. The van der Waals surface area contributed by atoms with Crippen molar-refractivity contribution in [2.45, 2.75) is 57.0 Å². The highest BCUT2D eigenvalue weighted by molar-refractivity contribution is 7.36. The van der Waals surface area contributed by atoms with Gasteiger partial charge in [0.15, 0.2) is 11.8 Å². The summed E-state index contributed by atoms with van der Waals surface area (Å²) < 4.78 is 28.6. The molecule has 30 heavy (non-hydrogen) atoms. The van der Waals surface area contributed by atoms with Gasteiger partial charge in [-0.15, -0.1) is 10.9 Å². The number of esters is 1. The summed E-state index contributed by atoms with van der Waals surface area (Å²) in [7, 11) is -2.63. The molecule has 1 unspecified atom stereocenters. The fourth-order valence-electron chi connectivity index (χ4n) is 2.65. The summed E-state index contributed by atoms with van der Waals surface area (Å²) in [6.45, 7) is 4.10. The van der Waals surface area contributed by atoms with Crippen LogP contribution < -0.4 is 16.3 Å². The Labute approximate surface area is 172 Å². The summed E-state index contributed by atoms with van der Waals surface area (Å²) in [4.78, 5) is 36.9. The van der Waals surface area contributed by atoms with E-state index in [0.29, 0.717) is 0 Å². The number of carbonyl (C=O) groups is 1. The Balaban J connectivity index is 2.09. The van der Waals surface area contributed by atoms with Crippen LogP contribution in [-0.4, -0.2) is 62.3 Å². The predicted molar refractivity (Wildman–Crippen MR) is 102 cm³/mol. The van der Waals surface area contributed by atoms with Crippen molar-refractivity contribution in [3.63, 3.8) is 0 Å². The Bertz CT molecular complexity index is 953. The number of aromatic nitrogens is 2. The first-order chi connectivity index (χ1) is 14.0. The lowest BCUT2D eigenvalue weighted by molar-refractivity contribution is -0.149. The predicted octanol–water partition coefficient (Wildman–Crippen LogP) is -1.24. The normalized spacial score (nSPS) is 27.5. The van der Waals surface area contributed by atoms with Crippen LogP contribution in [-0.2, 0) is 23.4 Å². The Hall–Kier alpha value is -2.39. The van der Waals surface area contributed by atoms with Crippen LogP contribution in [0.1, 0.15) is 27.0 Å². The maximum atomic E-state index is 12.1. The molecule has 0 amide bonds. The lowest BCUT2D eigenvalue weighted by Gasteiger charge is -2.23. The second kappa shape index (κ2) is 9.61. The molecule has 4 N–H and O–H groups in total. The monoisotopic (exact) mass is 444 g/mol. The highest BCUT2D eigenvalue weighted by atomic mass is 31.1. The number of carbonyl (C=O) groups excluding carboxylic acids is 1. The molecule has 1 aliphatic rings. The van der Waals surface area contributed by atoms with Crippen molar-refractivity contribution in [2.24, 2.45) is 0 Å². The molecule has 164 valence electrons. The van der Waals surface area contributed by atoms with Crippen LogP contribution in [0.4, 0.5) is 0 Å². The van der Waals surface area contributed by atoms with Crippen molar-refractivity contribution in [3.05, 3.63) is 33.1 Å². The molecule has 1 saturated heterocycles. The molecule has 2 rings (SSSR count).